The van der Waals surface area contributed by atoms with E-state index in [0.29, 0.717) is 12.5 Å². The zero-order chi connectivity index (χ0) is 19.3. The predicted molar refractivity (Wildman–Crippen MR) is 118 cm³/mol. The SMILES string of the molecule is CN=C(NCc1nc2ccccc2n1C)N1CCC(CSc2ccccc2)C1. The van der Waals surface area contributed by atoms with Crippen LogP contribution in [-0.2, 0) is 13.6 Å². The molecule has 1 fully saturated rings. The number of fused-ring (bicyclic) bond motifs is 1. The van der Waals surface area contributed by atoms with E-state index < -0.39 is 0 Å². The van der Waals surface area contributed by atoms with Crippen LogP contribution >= 0.6 is 11.8 Å². The quantitative estimate of drug-likeness (QED) is 0.407. The van der Waals surface area contributed by atoms with Crippen molar-refractivity contribution >= 4 is 28.8 Å². The van der Waals surface area contributed by atoms with Gasteiger partial charge in [-0.15, -0.1) is 11.8 Å². The number of rotatable bonds is 5. The number of benzene rings is 2. The summed E-state index contributed by atoms with van der Waals surface area (Å²) < 4.78 is 2.15. The van der Waals surface area contributed by atoms with Crippen molar-refractivity contribution in [3.05, 3.63) is 60.4 Å². The lowest BCUT2D eigenvalue weighted by molar-refractivity contribution is 0.472. The van der Waals surface area contributed by atoms with E-state index in [-0.39, 0.29) is 0 Å². The summed E-state index contributed by atoms with van der Waals surface area (Å²) in [6.45, 7) is 2.79. The minimum absolute atomic E-state index is 0.678. The number of hydrogen-bond acceptors (Lipinski definition) is 3. The van der Waals surface area contributed by atoms with Crippen LogP contribution in [-0.4, -0.2) is 46.3 Å². The second kappa shape index (κ2) is 8.69. The molecule has 1 aliphatic heterocycles. The maximum absolute atomic E-state index is 4.75. The minimum Gasteiger partial charge on any atom is -0.349 e. The number of guanidine groups is 1. The highest BCUT2D eigenvalue weighted by Crippen LogP contribution is 2.26. The van der Waals surface area contributed by atoms with Gasteiger partial charge in [-0.05, 0) is 36.6 Å². The summed E-state index contributed by atoms with van der Waals surface area (Å²) >= 11 is 1.95. The van der Waals surface area contributed by atoms with Crippen LogP contribution in [0.3, 0.4) is 0 Å². The second-order valence-corrected chi connectivity index (χ2v) is 8.29. The summed E-state index contributed by atoms with van der Waals surface area (Å²) in [5.41, 5.74) is 2.20. The summed E-state index contributed by atoms with van der Waals surface area (Å²) in [6.07, 6.45) is 1.22. The molecule has 0 bridgehead atoms. The highest BCUT2D eigenvalue weighted by atomic mass is 32.2. The van der Waals surface area contributed by atoms with Gasteiger partial charge in [0, 0.05) is 37.8 Å². The van der Waals surface area contributed by atoms with Crippen LogP contribution in [0.1, 0.15) is 12.2 Å². The molecule has 6 heteroatoms. The standard InChI is InChI=1S/C22H27N5S/c1-23-22(24-14-21-25-19-10-6-7-11-20(19)26(21)2)27-13-12-17(15-27)16-28-18-8-4-3-5-9-18/h3-11,17H,12-16H2,1-2H3,(H,23,24). The Morgan fingerprint density at radius 2 is 1.96 bits per heavy atom. The van der Waals surface area contributed by atoms with Crippen molar-refractivity contribution in [1.29, 1.82) is 0 Å². The fourth-order valence-electron chi connectivity index (χ4n) is 3.74. The summed E-state index contributed by atoms with van der Waals surface area (Å²) in [5, 5.41) is 3.51. The van der Waals surface area contributed by atoms with Gasteiger partial charge < -0.3 is 14.8 Å². The third-order valence-corrected chi connectivity index (χ3v) is 6.55. The zero-order valence-corrected chi connectivity index (χ0v) is 17.3. The van der Waals surface area contributed by atoms with Crippen LogP contribution < -0.4 is 5.32 Å². The molecular formula is C22H27N5S. The summed E-state index contributed by atoms with van der Waals surface area (Å²) in [4.78, 5) is 13.0. The van der Waals surface area contributed by atoms with E-state index in [1.165, 1.54) is 11.3 Å². The fourth-order valence-corrected chi connectivity index (χ4v) is 4.79. The first-order valence-corrected chi connectivity index (χ1v) is 10.8. The van der Waals surface area contributed by atoms with Gasteiger partial charge in [-0.2, -0.15) is 0 Å². The maximum Gasteiger partial charge on any atom is 0.194 e. The molecule has 1 unspecified atom stereocenters. The maximum atomic E-state index is 4.75. The molecule has 3 aromatic rings. The highest BCUT2D eigenvalue weighted by molar-refractivity contribution is 7.99. The van der Waals surface area contributed by atoms with Gasteiger partial charge in [-0.3, -0.25) is 4.99 Å². The Bertz CT molecular complexity index is 950. The first-order chi connectivity index (χ1) is 13.7. The monoisotopic (exact) mass is 393 g/mol. The highest BCUT2D eigenvalue weighted by Gasteiger charge is 2.25. The largest absolute Gasteiger partial charge is 0.349 e. The van der Waals surface area contributed by atoms with Gasteiger partial charge in [-0.25, -0.2) is 4.98 Å². The Labute approximate surface area is 170 Å². The summed E-state index contributed by atoms with van der Waals surface area (Å²) in [6, 6.07) is 18.9. The molecular weight excluding hydrogens is 366 g/mol. The van der Waals surface area contributed by atoms with E-state index in [4.69, 9.17) is 4.98 Å². The number of aryl methyl sites for hydroxylation is 1. The Balaban J connectivity index is 1.32. The average molecular weight is 394 g/mol. The molecule has 1 aromatic heterocycles. The zero-order valence-electron chi connectivity index (χ0n) is 16.5. The molecule has 0 spiro atoms. The third-order valence-electron chi connectivity index (χ3n) is 5.31. The van der Waals surface area contributed by atoms with Crippen molar-refractivity contribution in [3.63, 3.8) is 0 Å². The van der Waals surface area contributed by atoms with E-state index in [9.17, 15) is 0 Å². The molecule has 5 nitrogen and oxygen atoms in total. The van der Waals surface area contributed by atoms with Crippen LogP contribution in [0.25, 0.3) is 11.0 Å². The second-order valence-electron chi connectivity index (χ2n) is 7.20. The van der Waals surface area contributed by atoms with Crippen LogP contribution in [0.2, 0.25) is 0 Å². The molecule has 28 heavy (non-hydrogen) atoms. The van der Waals surface area contributed by atoms with Crippen LogP contribution in [0.5, 0.6) is 0 Å². The average Bonchev–Trinajstić information content (AvgIpc) is 3.33. The van der Waals surface area contributed by atoms with Crippen LogP contribution in [0, 0.1) is 5.92 Å². The normalized spacial score (nSPS) is 17.4. The lowest BCUT2D eigenvalue weighted by atomic mass is 10.2. The number of nitrogens with zero attached hydrogens (tertiary/aromatic N) is 4. The van der Waals surface area contributed by atoms with E-state index in [1.54, 1.807) is 0 Å². The predicted octanol–water partition coefficient (Wildman–Crippen LogP) is 3.76. The summed E-state index contributed by atoms with van der Waals surface area (Å²) in [5.74, 6) is 3.85. The van der Waals surface area contributed by atoms with Crippen molar-refractivity contribution in [1.82, 2.24) is 19.8 Å². The van der Waals surface area contributed by atoms with Crippen molar-refractivity contribution in [2.24, 2.45) is 18.0 Å². The van der Waals surface area contributed by atoms with Crippen LogP contribution in [0.15, 0.2) is 64.5 Å². The molecule has 0 saturated carbocycles. The van der Waals surface area contributed by atoms with E-state index in [1.807, 2.05) is 24.9 Å². The molecule has 4 rings (SSSR count). The molecule has 0 aliphatic carbocycles. The van der Waals surface area contributed by atoms with Crippen molar-refractivity contribution in [3.8, 4) is 0 Å². The molecule has 0 radical (unpaired) electrons. The molecule has 1 N–H and O–H groups in total. The first-order valence-electron chi connectivity index (χ1n) is 9.78. The van der Waals surface area contributed by atoms with Gasteiger partial charge in [0.05, 0.1) is 17.6 Å². The Kier molecular flexibility index (Phi) is 5.86. The molecule has 2 aromatic carbocycles. The van der Waals surface area contributed by atoms with Gasteiger partial charge in [0.2, 0.25) is 0 Å². The molecule has 2 heterocycles. The number of hydrogen-bond donors (Lipinski definition) is 1. The smallest absolute Gasteiger partial charge is 0.194 e. The topological polar surface area (TPSA) is 45.5 Å². The number of aliphatic imine (C=N–C) groups is 1. The third kappa shape index (κ3) is 4.17. The molecule has 0 amide bonds. The van der Waals surface area contributed by atoms with Gasteiger partial charge in [-0.1, -0.05) is 30.3 Å². The van der Waals surface area contributed by atoms with Gasteiger partial charge in [0.15, 0.2) is 5.96 Å². The van der Waals surface area contributed by atoms with Crippen molar-refractivity contribution < 1.29 is 0 Å². The number of para-hydroxylation sites is 2. The lowest BCUT2D eigenvalue weighted by Gasteiger charge is -2.21. The Morgan fingerprint density at radius 1 is 1.18 bits per heavy atom. The number of nitrogens with one attached hydrogen (secondary N) is 1. The number of aromatic nitrogens is 2. The molecule has 146 valence electrons. The Hall–Kier alpha value is -2.47. The van der Waals surface area contributed by atoms with Crippen molar-refractivity contribution in [2.45, 2.75) is 17.9 Å². The number of imidazole rings is 1. The van der Waals surface area contributed by atoms with E-state index in [0.717, 1.165) is 41.7 Å². The van der Waals surface area contributed by atoms with Gasteiger partial charge >= 0.3 is 0 Å². The van der Waals surface area contributed by atoms with Gasteiger partial charge in [0.1, 0.15) is 5.82 Å². The molecule has 1 saturated heterocycles. The van der Waals surface area contributed by atoms with Crippen LogP contribution in [0.4, 0.5) is 0 Å². The Morgan fingerprint density at radius 3 is 2.75 bits per heavy atom. The van der Waals surface area contributed by atoms with E-state index in [2.05, 4.69) is 75.4 Å². The first kappa shape index (κ1) is 18.9. The molecule has 1 atom stereocenters. The fraction of sp³-hybridized carbons (Fsp3) is 0.364. The van der Waals surface area contributed by atoms with Crippen molar-refractivity contribution in [2.75, 3.05) is 25.9 Å². The van der Waals surface area contributed by atoms with E-state index >= 15 is 0 Å². The lowest BCUT2D eigenvalue weighted by Crippen LogP contribution is -2.40. The number of likely N-dealkylation sites (tertiary alicyclic amines) is 1. The molecule has 1 aliphatic rings. The van der Waals surface area contributed by atoms with Gasteiger partial charge in [0.25, 0.3) is 0 Å². The summed E-state index contributed by atoms with van der Waals surface area (Å²) in [7, 11) is 3.94. The minimum atomic E-state index is 0.678. The number of thioether (sulfide) groups is 1.